The zero-order valence-electron chi connectivity index (χ0n) is 19.7. The lowest BCUT2D eigenvalue weighted by Crippen LogP contribution is -2.54. The molecule has 0 aromatic heterocycles. The lowest BCUT2D eigenvalue weighted by Gasteiger charge is -2.34. The Morgan fingerprint density at radius 1 is 0.853 bits per heavy atom. The number of halogens is 2. The SMILES string of the molecule is CC(C)(C)NC(=O)[C@@H](Cc1ccccc1)N(Cc1ccc(F)cc1)C(=O)Cc1ccccc1F. The number of carbonyl (C=O) groups is 2. The van der Waals surface area contributed by atoms with E-state index in [9.17, 15) is 18.4 Å². The summed E-state index contributed by atoms with van der Waals surface area (Å²) in [6.45, 7) is 5.70. The van der Waals surface area contributed by atoms with Crippen molar-refractivity contribution in [1.82, 2.24) is 10.2 Å². The van der Waals surface area contributed by atoms with Crippen molar-refractivity contribution in [2.24, 2.45) is 0 Å². The van der Waals surface area contributed by atoms with E-state index >= 15 is 0 Å². The Morgan fingerprint density at radius 3 is 2.09 bits per heavy atom. The summed E-state index contributed by atoms with van der Waals surface area (Å²) in [5, 5.41) is 2.98. The van der Waals surface area contributed by atoms with Crippen LogP contribution in [-0.2, 0) is 29.0 Å². The van der Waals surface area contributed by atoms with E-state index in [0.29, 0.717) is 5.56 Å². The van der Waals surface area contributed by atoms with Crippen LogP contribution in [0.2, 0.25) is 0 Å². The minimum absolute atomic E-state index is 0.0859. The quantitative estimate of drug-likeness (QED) is 0.507. The summed E-state index contributed by atoms with van der Waals surface area (Å²) in [5.41, 5.74) is 1.30. The molecule has 0 aliphatic carbocycles. The van der Waals surface area contributed by atoms with Gasteiger partial charge in [0.05, 0.1) is 6.42 Å². The monoisotopic (exact) mass is 464 g/mol. The Balaban J connectivity index is 1.99. The maximum Gasteiger partial charge on any atom is 0.243 e. The second kappa shape index (κ2) is 11.1. The highest BCUT2D eigenvalue weighted by Crippen LogP contribution is 2.18. The first-order valence-corrected chi connectivity index (χ1v) is 11.3. The molecule has 0 bridgehead atoms. The second-order valence-corrected chi connectivity index (χ2v) is 9.36. The molecule has 3 aromatic rings. The molecule has 1 N–H and O–H groups in total. The largest absolute Gasteiger partial charge is 0.350 e. The third-order valence-corrected chi connectivity index (χ3v) is 5.33. The molecular weight excluding hydrogens is 434 g/mol. The minimum Gasteiger partial charge on any atom is -0.350 e. The molecule has 0 saturated carbocycles. The molecule has 0 unspecified atom stereocenters. The van der Waals surface area contributed by atoms with Crippen molar-refractivity contribution in [3.63, 3.8) is 0 Å². The van der Waals surface area contributed by atoms with E-state index in [1.54, 1.807) is 30.3 Å². The van der Waals surface area contributed by atoms with Gasteiger partial charge < -0.3 is 10.2 Å². The third-order valence-electron chi connectivity index (χ3n) is 5.33. The van der Waals surface area contributed by atoms with Crippen LogP contribution < -0.4 is 5.32 Å². The molecule has 0 fully saturated rings. The highest BCUT2D eigenvalue weighted by molar-refractivity contribution is 5.89. The maximum atomic E-state index is 14.3. The molecule has 34 heavy (non-hydrogen) atoms. The number of rotatable bonds is 8. The first kappa shape index (κ1) is 25.1. The lowest BCUT2D eigenvalue weighted by molar-refractivity contribution is -0.141. The van der Waals surface area contributed by atoms with Crippen LogP contribution in [-0.4, -0.2) is 28.3 Å². The van der Waals surface area contributed by atoms with Crippen LogP contribution in [0.4, 0.5) is 8.78 Å². The van der Waals surface area contributed by atoms with Crippen molar-refractivity contribution >= 4 is 11.8 Å². The van der Waals surface area contributed by atoms with Crippen LogP contribution in [0.5, 0.6) is 0 Å². The fourth-order valence-electron chi connectivity index (χ4n) is 3.70. The summed E-state index contributed by atoms with van der Waals surface area (Å²) in [7, 11) is 0. The third kappa shape index (κ3) is 7.24. The molecule has 6 heteroatoms. The smallest absolute Gasteiger partial charge is 0.243 e. The van der Waals surface area contributed by atoms with E-state index in [2.05, 4.69) is 5.32 Å². The minimum atomic E-state index is -0.842. The zero-order chi connectivity index (χ0) is 24.7. The molecule has 1 atom stereocenters. The van der Waals surface area contributed by atoms with Gasteiger partial charge in [0.15, 0.2) is 0 Å². The van der Waals surface area contributed by atoms with Gasteiger partial charge >= 0.3 is 0 Å². The Labute approximate surface area is 199 Å². The molecule has 2 amide bonds. The van der Waals surface area contributed by atoms with Crippen molar-refractivity contribution in [3.05, 3.63) is 107 Å². The van der Waals surface area contributed by atoms with Gasteiger partial charge in [-0.25, -0.2) is 8.78 Å². The van der Waals surface area contributed by atoms with E-state index in [-0.39, 0.29) is 42.6 Å². The summed E-state index contributed by atoms with van der Waals surface area (Å²) in [5.74, 6) is -1.56. The molecule has 0 radical (unpaired) electrons. The van der Waals surface area contributed by atoms with Gasteiger partial charge in [-0.15, -0.1) is 0 Å². The average molecular weight is 465 g/mol. The second-order valence-electron chi connectivity index (χ2n) is 9.36. The molecule has 0 spiro atoms. The van der Waals surface area contributed by atoms with Gasteiger partial charge in [-0.3, -0.25) is 9.59 Å². The first-order valence-electron chi connectivity index (χ1n) is 11.3. The van der Waals surface area contributed by atoms with Crippen LogP contribution in [0.25, 0.3) is 0 Å². The Kier molecular flexibility index (Phi) is 8.16. The summed E-state index contributed by atoms with van der Waals surface area (Å²) < 4.78 is 27.8. The van der Waals surface area contributed by atoms with Gasteiger partial charge in [0, 0.05) is 18.5 Å². The molecule has 4 nitrogen and oxygen atoms in total. The lowest BCUT2D eigenvalue weighted by atomic mass is 9.99. The number of hydrogen-bond acceptors (Lipinski definition) is 2. The molecule has 0 heterocycles. The zero-order valence-corrected chi connectivity index (χ0v) is 19.7. The van der Waals surface area contributed by atoms with Crippen LogP contribution in [0.1, 0.15) is 37.5 Å². The van der Waals surface area contributed by atoms with Gasteiger partial charge in [-0.2, -0.15) is 0 Å². The molecular formula is C28H30F2N2O2. The van der Waals surface area contributed by atoms with Crippen LogP contribution in [0, 0.1) is 11.6 Å². The van der Waals surface area contributed by atoms with Crippen molar-refractivity contribution in [2.75, 3.05) is 0 Å². The van der Waals surface area contributed by atoms with E-state index < -0.39 is 17.4 Å². The van der Waals surface area contributed by atoms with Crippen molar-refractivity contribution < 1.29 is 18.4 Å². The van der Waals surface area contributed by atoms with Gasteiger partial charge in [-0.05, 0) is 55.7 Å². The number of carbonyl (C=O) groups excluding carboxylic acids is 2. The summed E-state index contributed by atoms with van der Waals surface area (Å²) in [6, 6.07) is 20.5. The molecule has 178 valence electrons. The van der Waals surface area contributed by atoms with Crippen molar-refractivity contribution in [2.45, 2.75) is 51.7 Å². The van der Waals surface area contributed by atoms with Crippen LogP contribution in [0.3, 0.4) is 0 Å². The van der Waals surface area contributed by atoms with Crippen LogP contribution >= 0.6 is 0 Å². The fourth-order valence-corrected chi connectivity index (χ4v) is 3.70. The first-order chi connectivity index (χ1) is 16.1. The molecule has 3 aromatic carbocycles. The van der Waals surface area contributed by atoms with Crippen molar-refractivity contribution in [1.29, 1.82) is 0 Å². The summed E-state index contributed by atoms with van der Waals surface area (Å²) in [4.78, 5) is 28.4. The normalized spacial score (nSPS) is 12.1. The molecule has 3 rings (SSSR count). The highest BCUT2D eigenvalue weighted by Gasteiger charge is 2.32. The summed E-state index contributed by atoms with van der Waals surface area (Å²) >= 11 is 0. The Morgan fingerprint density at radius 2 is 1.47 bits per heavy atom. The summed E-state index contributed by atoms with van der Waals surface area (Å²) in [6.07, 6.45) is 0.0922. The van der Waals surface area contributed by atoms with Crippen LogP contribution in [0.15, 0.2) is 78.9 Å². The van der Waals surface area contributed by atoms with Crippen molar-refractivity contribution in [3.8, 4) is 0 Å². The fraction of sp³-hybridized carbons (Fsp3) is 0.286. The molecule has 0 saturated heterocycles. The van der Waals surface area contributed by atoms with E-state index in [1.165, 1.54) is 23.1 Å². The predicted molar refractivity (Wildman–Crippen MR) is 129 cm³/mol. The molecule has 0 aliphatic heterocycles. The predicted octanol–water partition coefficient (Wildman–Crippen LogP) is 5.06. The van der Waals surface area contributed by atoms with Gasteiger partial charge in [-0.1, -0.05) is 60.7 Å². The average Bonchev–Trinajstić information content (AvgIpc) is 2.78. The highest BCUT2D eigenvalue weighted by atomic mass is 19.1. The van der Waals surface area contributed by atoms with Gasteiger partial charge in [0.2, 0.25) is 11.8 Å². The number of amides is 2. The maximum absolute atomic E-state index is 14.3. The van der Waals surface area contributed by atoms with Gasteiger partial charge in [0.25, 0.3) is 0 Å². The van der Waals surface area contributed by atoms with Gasteiger partial charge in [0.1, 0.15) is 17.7 Å². The number of hydrogen-bond donors (Lipinski definition) is 1. The van der Waals surface area contributed by atoms with E-state index in [0.717, 1.165) is 5.56 Å². The number of nitrogens with zero attached hydrogens (tertiary/aromatic N) is 1. The number of nitrogens with one attached hydrogen (secondary N) is 1. The Bertz CT molecular complexity index is 1110. The standard InChI is InChI=1S/C28H30F2N2O2/c1-28(2,3)31-27(34)25(17-20-9-5-4-6-10-20)32(19-21-13-15-23(29)16-14-21)26(33)18-22-11-7-8-12-24(22)30/h4-16,25H,17-19H2,1-3H3,(H,31,34)/t25-/m1/s1. The number of benzene rings is 3. The Hall–Kier alpha value is -3.54. The van der Waals surface area contributed by atoms with E-state index in [1.807, 2.05) is 51.1 Å². The molecule has 0 aliphatic rings. The van der Waals surface area contributed by atoms with E-state index in [4.69, 9.17) is 0 Å². The topological polar surface area (TPSA) is 49.4 Å².